The van der Waals surface area contributed by atoms with E-state index < -0.39 is 0 Å². The molecule has 150 valence electrons. The molecule has 4 aromatic rings. The van der Waals surface area contributed by atoms with Gasteiger partial charge in [0.25, 0.3) is 0 Å². The molecule has 1 aromatic heterocycles. The number of halogens is 1. The molecule has 0 aliphatic carbocycles. The Kier molecular flexibility index (Phi) is 5.46. The van der Waals surface area contributed by atoms with Gasteiger partial charge in [-0.1, -0.05) is 64.1 Å². The second-order valence-corrected chi connectivity index (χ2v) is 8.51. The van der Waals surface area contributed by atoms with Gasteiger partial charge in [0.15, 0.2) is 22.5 Å². The lowest BCUT2D eigenvalue weighted by molar-refractivity contribution is 0.171. The average molecular weight is 480 g/mol. The molecule has 5 nitrogen and oxygen atoms in total. The zero-order chi connectivity index (χ0) is 20.3. The minimum absolute atomic E-state index is 0.550. The summed E-state index contributed by atoms with van der Waals surface area (Å²) in [7, 11) is 0. The number of benzene rings is 3. The van der Waals surface area contributed by atoms with Crippen molar-refractivity contribution in [3.63, 3.8) is 0 Å². The molecule has 5 rings (SSSR count). The Labute approximate surface area is 187 Å². The fourth-order valence-corrected chi connectivity index (χ4v) is 4.87. The molecule has 30 heavy (non-hydrogen) atoms. The summed E-state index contributed by atoms with van der Waals surface area (Å²) >= 11 is 5.29. The second-order valence-electron chi connectivity index (χ2n) is 6.72. The van der Waals surface area contributed by atoms with E-state index in [2.05, 4.69) is 55.0 Å². The second kappa shape index (κ2) is 8.53. The first-order valence-corrected chi connectivity index (χ1v) is 11.3. The SMILES string of the molecule is Brc1ccccc1CSc1nnc(-c2ccc3c(c2)OCCO3)n1-c1ccccc1. The van der Waals surface area contributed by atoms with E-state index in [1.54, 1.807) is 11.8 Å². The largest absolute Gasteiger partial charge is 0.486 e. The lowest BCUT2D eigenvalue weighted by atomic mass is 10.1. The first kappa shape index (κ1) is 19.2. The van der Waals surface area contributed by atoms with Crippen molar-refractivity contribution in [3.05, 3.63) is 82.8 Å². The van der Waals surface area contributed by atoms with Gasteiger partial charge < -0.3 is 9.47 Å². The third-order valence-electron chi connectivity index (χ3n) is 4.76. The fraction of sp³-hybridized carbons (Fsp3) is 0.130. The van der Waals surface area contributed by atoms with Gasteiger partial charge in [-0.3, -0.25) is 4.57 Å². The molecule has 0 atom stereocenters. The molecule has 0 radical (unpaired) electrons. The summed E-state index contributed by atoms with van der Waals surface area (Å²) in [5.41, 5.74) is 3.16. The molecule has 0 saturated heterocycles. The number of rotatable bonds is 5. The predicted octanol–water partition coefficient (Wildman–Crippen LogP) is 5.76. The van der Waals surface area contributed by atoms with Crippen LogP contribution >= 0.6 is 27.7 Å². The molecule has 0 spiro atoms. The third-order valence-corrected chi connectivity index (χ3v) is 6.51. The fourth-order valence-electron chi connectivity index (χ4n) is 3.30. The average Bonchev–Trinajstić information content (AvgIpc) is 3.23. The van der Waals surface area contributed by atoms with E-state index in [0.29, 0.717) is 13.2 Å². The first-order chi connectivity index (χ1) is 14.8. The Hall–Kier alpha value is -2.77. The standard InChI is InChI=1S/C23H18BrN3O2S/c24-19-9-5-4-6-17(19)15-30-23-26-25-22(27(23)18-7-2-1-3-8-18)16-10-11-20-21(14-16)29-13-12-28-20/h1-11,14H,12-13,15H2. The van der Waals surface area contributed by atoms with Gasteiger partial charge in [0.2, 0.25) is 0 Å². The maximum atomic E-state index is 5.76. The van der Waals surface area contributed by atoms with Gasteiger partial charge in [-0.25, -0.2) is 0 Å². The van der Waals surface area contributed by atoms with Gasteiger partial charge in [-0.2, -0.15) is 0 Å². The Morgan fingerprint density at radius 3 is 2.47 bits per heavy atom. The van der Waals surface area contributed by atoms with Crippen molar-refractivity contribution in [1.82, 2.24) is 14.8 Å². The van der Waals surface area contributed by atoms with Crippen molar-refractivity contribution in [3.8, 4) is 28.6 Å². The van der Waals surface area contributed by atoms with Gasteiger partial charge in [0, 0.05) is 21.5 Å². The predicted molar refractivity (Wildman–Crippen MR) is 121 cm³/mol. The molecular weight excluding hydrogens is 462 g/mol. The van der Waals surface area contributed by atoms with E-state index in [-0.39, 0.29) is 0 Å². The van der Waals surface area contributed by atoms with Crippen molar-refractivity contribution in [2.45, 2.75) is 10.9 Å². The lowest BCUT2D eigenvalue weighted by Gasteiger charge is -2.19. The van der Waals surface area contributed by atoms with Gasteiger partial charge in [0.1, 0.15) is 13.2 Å². The minimum atomic E-state index is 0.550. The Morgan fingerprint density at radius 2 is 1.63 bits per heavy atom. The molecule has 3 aromatic carbocycles. The molecule has 0 N–H and O–H groups in total. The van der Waals surface area contributed by atoms with E-state index in [1.807, 2.05) is 48.5 Å². The molecule has 0 saturated carbocycles. The molecule has 0 fully saturated rings. The van der Waals surface area contributed by atoms with E-state index in [0.717, 1.165) is 44.0 Å². The third kappa shape index (κ3) is 3.82. The number of ether oxygens (including phenoxy) is 2. The molecule has 0 bridgehead atoms. The number of hydrogen-bond donors (Lipinski definition) is 0. The van der Waals surface area contributed by atoms with Gasteiger partial charge >= 0.3 is 0 Å². The maximum Gasteiger partial charge on any atom is 0.196 e. The number of para-hydroxylation sites is 1. The molecule has 1 aliphatic heterocycles. The quantitative estimate of drug-likeness (QED) is 0.340. The van der Waals surface area contributed by atoms with Crippen LogP contribution in [0.3, 0.4) is 0 Å². The van der Waals surface area contributed by atoms with Crippen molar-refractivity contribution in [2.24, 2.45) is 0 Å². The van der Waals surface area contributed by atoms with Gasteiger partial charge in [0.05, 0.1) is 0 Å². The minimum Gasteiger partial charge on any atom is -0.486 e. The molecule has 2 heterocycles. The number of aromatic nitrogens is 3. The Bertz CT molecular complexity index is 1180. The van der Waals surface area contributed by atoms with E-state index in [1.165, 1.54) is 5.56 Å². The monoisotopic (exact) mass is 479 g/mol. The molecule has 1 aliphatic rings. The highest BCUT2D eigenvalue weighted by Gasteiger charge is 2.19. The summed E-state index contributed by atoms with van der Waals surface area (Å²) < 4.78 is 14.6. The van der Waals surface area contributed by atoms with Gasteiger partial charge in [-0.05, 0) is 42.0 Å². The van der Waals surface area contributed by atoms with Crippen LogP contribution in [-0.2, 0) is 5.75 Å². The van der Waals surface area contributed by atoms with Crippen LogP contribution in [0.5, 0.6) is 11.5 Å². The van der Waals surface area contributed by atoms with Crippen molar-refractivity contribution in [2.75, 3.05) is 13.2 Å². The molecule has 7 heteroatoms. The number of hydrogen-bond acceptors (Lipinski definition) is 5. The van der Waals surface area contributed by atoms with E-state index >= 15 is 0 Å². The van der Waals surface area contributed by atoms with E-state index in [9.17, 15) is 0 Å². The highest BCUT2D eigenvalue weighted by atomic mass is 79.9. The number of thioether (sulfide) groups is 1. The number of fused-ring (bicyclic) bond motifs is 1. The van der Waals surface area contributed by atoms with Crippen LogP contribution in [-0.4, -0.2) is 28.0 Å². The molecule has 0 amide bonds. The smallest absolute Gasteiger partial charge is 0.196 e. The summed E-state index contributed by atoms with van der Waals surface area (Å²) in [5.74, 6) is 3.06. The van der Waals surface area contributed by atoms with Crippen LogP contribution in [0.1, 0.15) is 5.56 Å². The van der Waals surface area contributed by atoms with E-state index in [4.69, 9.17) is 9.47 Å². The zero-order valence-electron chi connectivity index (χ0n) is 16.0. The maximum absolute atomic E-state index is 5.76. The molecule has 0 unspecified atom stereocenters. The lowest BCUT2D eigenvalue weighted by Crippen LogP contribution is -2.15. The van der Waals surface area contributed by atoms with Crippen LogP contribution in [0.4, 0.5) is 0 Å². The van der Waals surface area contributed by atoms with Crippen molar-refractivity contribution >= 4 is 27.7 Å². The summed E-state index contributed by atoms with van der Waals surface area (Å²) in [6.45, 7) is 1.12. The van der Waals surface area contributed by atoms with Crippen molar-refractivity contribution < 1.29 is 9.47 Å². The Morgan fingerprint density at radius 1 is 0.867 bits per heavy atom. The normalized spacial score (nSPS) is 12.7. The summed E-state index contributed by atoms with van der Waals surface area (Å²) in [5, 5.41) is 9.88. The van der Waals surface area contributed by atoms with Crippen LogP contribution < -0.4 is 9.47 Å². The van der Waals surface area contributed by atoms with Gasteiger partial charge in [-0.15, -0.1) is 10.2 Å². The van der Waals surface area contributed by atoms with Crippen LogP contribution in [0.2, 0.25) is 0 Å². The zero-order valence-corrected chi connectivity index (χ0v) is 18.4. The summed E-state index contributed by atoms with van der Waals surface area (Å²) in [6.07, 6.45) is 0. The van der Waals surface area contributed by atoms with Crippen LogP contribution in [0, 0.1) is 0 Å². The summed E-state index contributed by atoms with van der Waals surface area (Å²) in [4.78, 5) is 0. The summed E-state index contributed by atoms with van der Waals surface area (Å²) in [6, 6.07) is 24.3. The first-order valence-electron chi connectivity index (χ1n) is 9.57. The van der Waals surface area contributed by atoms with Crippen LogP contribution in [0.25, 0.3) is 17.1 Å². The van der Waals surface area contributed by atoms with Crippen molar-refractivity contribution in [1.29, 1.82) is 0 Å². The molecular formula is C23H18BrN3O2S. The topological polar surface area (TPSA) is 49.2 Å². The Balaban J connectivity index is 1.54. The highest BCUT2D eigenvalue weighted by Crippen LogP contribution is 2.36. The van der Waals surface area contributed by atoms with Crippen LogP contribution in [0.15, 0.2) is 82.4 Å². The highest BCUT2D eigenvalue weighted by molar-refractivity contribution is 9.10. The number of nitrogens with zero attached hydrogens (tertiary/aromatic N) is 3.